The Kier molecular flexibility index (Phi) is 6.51. The van der Waals surface area contributed by atoms with Crippen molar-refractivity contribution in [1.29, 1.82) is 0 Å². The number of fused-ring (bicyclic) bond motifs is 2. The predicted octanol–water partition coefficient (Wildman–Crippen LogP) is 4.62. The molecule has 0 saturated heterocycles. The zero-order valence-electron chi connectivity index (χ0n) is 20.1. The van der Waals surface area contributed by atoms with Crippen molar-refractivity contribution in [3.63, 3.8) is 0 Å². The normalized spacial score (nSPS) is 14.2. The van der Waals surface area contributed by atoms with Crippen molar-refractivity contribution in [3.8, 4) is 0 Å². The van der Waals surface area contributed by atoms with E-state index in [-0.39, 0.29) is 17.5 Å². The van der Waals surface area contributed by atoms with Crippen LogP contribution in [0.2, 0.25) is 0 Å². The maximum Gasteiger partial charge on any atom is 0.330 e. The van der Waals surface area contributed by atoms with Gasteiger partial charge >= 0.3 is 5.97 Å². The van der Waals surface area contributed by atoms with Gasteiger partial charge in [-0.25, -0.2) is 4.79 Å². The molecule has 0 aliphatic carbocycles. The molecule has 7 heteroatoms. The Hall–Kier alpha value is -4.78. The van der Waals surface area contributed by atoms with Gasteiger partial charge in [0.1, 0.15) is 6.04 Å². The number of rotatable bonds is 7. The van der Waals surface area contributed by atoms with Crippen molar-refractivity contribution in [2.45, 2.75) is 25.5 Å². The molecule has 2 atom stereocenters. The molecule has 2 unspecified atom stereocenters. The molecular formula is C30H24N2O5. The van der Waals surface area contributed by atoms with Crippen LogP contribution in [0.4, 0.5) is 5.69 Å². The van der Waals surface area contributed by atoms with E-state index < -0.39 is 35.8 Å². The van der Waals surface area contributed by atoms with Crippen molar-refractivity contribution >= 4 is 40.2 Å². The number of nitrogens with zero attached hydrogens (tertiary/aromatic N) is 1. The molecule has 0 radical (unpaired) electrons. The summed E-state index contributed by atoms with van der Waals surface area (Å²) in [6.45, 7) is 1.45. The Labute approximate surface area is 213 Å². The summed E-state index contributed by atoms with van der Waals surface area (Å²) < 4.78 is 5.52. The molecular weight excluding hydrogens is 468 g/mol. The van der Waals surface area contributed by atoms with Crippen LogP contribution in [0.3, 0.4) is 0 Å². The van der Waals surface area contributed by atoms with Gasteiger partial charge in [-0.3, -0.25) is 19.3 Å². The lowest BCUT2D eigenvalue weighted by atomic mass is 10.0. The molecule has 1 aliphatic rings. The largest absolute Gasteiger partial charge is 0.451 e. The van der Waals surface area contributed by atoms with E-state index >= 15 is 0 Å². The SMILES string of the molecule is CC(OC(=O)C(Cc1ccccc1)N1C(=O)c2ccccc2C1=O)C(=O)Nc1ccc2ccccc2c1. The van der Waals surface area contributed by atoms with E-state index in [0.717, 1.165) is 21.2 Å². The van der Waals surface area contributed by atoms with Gasteiger partial charge in [0, 0.05) is 12.1 Å². The van der Waals surface area contributed by atoms with Crippen LogP contribution in [-0.2, 0) is 20.7 Å². The third-order valence-corrected chi connectivity index (χ3v) is 6.36. The second kappa shape index (κ2) is 10.1. The van der Waals surface area contributed by atoms with Gasteiger partial charge in [-0.05, 0) is 47.5 Å². The summed E-state index contributed by atoms with van der Waals surface area (Å²) in [7, 11) is 0. The third-order valence-electron chi connectivity index (χ3n) is 6.36. The third kappa shape index (κ3) is 4.84. The van der Waals surface area contributed by atoms with Crippen molar-refractivity contribution in [2.24, 2.45) is 0 Å². The fraction of sp³-hybridized carbons (Fsp3) is 0.133. The highest BCUT2D eigenvalue weighted by atomic mass is 16.5. The summed E-state index contributed by atoms with van der Waals surface area (Å²) in [5.74, 6) is -2.48. The molecule has 0 saturated carbocycles. The van der Waals surface area contributed by atoms with Gasteiger partial charge in [0.2, 0.25) is 0 Å². The molecule has 4 aromatic rings. The number of carbonyl (C=O) groups excluding carboxylic acids is 4. The zero-order valence-corrected chi connectivity index (χ0v) is 20.1. The maximum atomic E-state index is 13.4. The highest BCUT2D eigenvalue weighted by Crippen LogP contribution is 2.27. The van der Waals surface area contributed by atoms with Crippen molar-refractivity contribution in [3.05, 3.63) is 114 Å². The fourth-order valence-corrected chi connectivity index (χ4v) is 4.43. The zero-order chi connectivity index (χ0) is 25.9. The van der Waals surface area contributed by atoms with Crippen LogP contribution in [0.5, 0.6) is 0 Å². The fourth-order valence-electron chi connectivity index (χ4n) is 4.43. The quantitative estimate of drug-likeness (QED) is 0.300. The second-order valence-corrected chi connectivity index (χ2v) is 8.86. The number of ether oxygens (including phenoxy) is 1. The van der Waals surface area contributed by atoms with Gasteiger partial charge < -0.3 is 10.1 Å². The predicted molar refractivity (Wildman–Crippen MR) is 139 cm³/mol. The van der Waals surface area contributed by atoms with Gasteiger partial charge in [-0.15, -0.1) is 0 Å². The minimum Gasteiger partial charge on any atom is -0.451 e. The standard InChI is InChI=1S/C30H24N2O5/c1-19(27(33)31-23-16-15-21-11-5-6-12-22(21)18-23)37-30(36)26(17-20-9-3-2-4-10-20)32-28(34)24-13-7-8-14-25(24)29(32)35/h2-16,18-19,26H,17H2,1H3,(H,31,33). The molecule has 4 aromatic carbocycles. The minimum absolute atomic E-state index is 0.0597. The Morgan fingerprint density at radius 2 is 1.38 bits per heavy atom. The Morgan fingerprint density at radius 3 is 2.05 bits per heavy atom. The molecule has 3 amide bonds. The minimum atomic E-state index is -1.23. The van der Waals surface area contributed by atoms with Crippen LogP contribution >= 0.6 is 0 Å². The average Bonchev–Trinajstić information content (AvgIpc) is 3.17. The van der Waals surface area contributed by atoms with E-state index in [4.69, 9.17) is 4.74 Å². The van der Waals surface area contributed by atoms with E-state index in [2.05, 4.69) is 5.32 Å². The number of imide groups is 1. The summed E-state index contributed by atoms with van der Waals surface area (Å²) >= 11 is 0. The van der Waals surface area contributed by atoms with E-state index in [1.54, 1.807) is 54.6 Å². The highest BCUT2D eigenvalue weighted by Gasteiger charge is 2.44. The highest BCUT2D eigenvalue weighted by molar-refractivity contribution is 6.22. The first-order valence-corrected chi connectivity index (χ1v) is 11.9. The van der Waals surface area contributed by atoms with Gasteiger partial charge in [0.15, 0.2) is 6.10 Å². The van der Waals surface area contributed by atoms with E-state index in [0.29, 0.717) is 5.69 Å². The van der Waals surface area contributed by atoms with Crippen LogP contribution in [-0.4, -0.2) is 40.7 Å². The number of carbonyl (C=O) groups is 4. The number of esters is 1. The van der Waals surface area contributed by atoms with Crippen LogP contribution in [0.25, 0.3) is 10.8 Å². The van der Waals surface area contributed by atoms with Crippen molar-refractivity contribution in [2.75, 3.05) is 5.32 Å². The molecule has 0 bridgehead atoms. The smallest absolute Gasteiger partial charge is 0.330 e. The number of hydrogen-bond acceptors (Lipinski definition) is 5. The van der Waals surface area contributed by atoms with Gasteiger partial charge in [-0.1, -0.05) is 72.8 Å². The summed E-state index contributed by atoms with van der Waals surface area (Å²) in [5.41, 5.74) is 1.78. The van der Waals surface area contributed by atoms with E-state index in [9.17, 15) is 19.2 Å². The summed E-state index contributed by atoms with van der Waals surface area (Å²) in [4.78, 5) is 53.4. The van der Waals surface area contributed by atoms with Gasteiger partial charge in [-0.2, -0.15) is 0 Å². The summed E-state index contributed by atoms with van der Waals surface area (Å²) in [6, 6.07) is 27.5. The first kappa shape index (κ1) is 23.9. The second-order valence-electron chi connectivity index (χ2n) is 8.86. The lowest BCUT2D eigenvalue weighted by Gasteiger charge is -2.26. The van der Waals surface area contributed by atoms with E-state index in [1.165, 1.54) is 6.92 Å². The number of benzene rings is 4. The molecule has 1 N–H and O–H groups in total. The molecule has 0 spiro atoms. The summed E-state index contributed by atoms with van der Waals surface area (Å²) in [6.07, 6.45) is -1.10. The lowest BCUT2D eigenvalue weighted by molar-refractivity contribution is -0.157. The van der Waals surface area contributed by atoms with Gasteiger partial charge in [0.05, 0.1) is 11.1 Å². The summed E-state index contributed by atoms with van der Waals surface area (Å²) in [5, 5.41) is 4.75. The first-order chi connectivity index (χ1) is 17.9. The molecule has 0 aromatic heterocycles. The van der Waals surface area contributed by atoms with E-state index in [1.807, 2.05) is 42.5 Å². The van der Waals surface area contributed by atoms with Crippen molar-refractivity contribution < 1.29 is 23.9 Å². The number of hydrogen-bond donors (Lipinski definition) is 1. The molecule has 1 aliphatic heterocycles. The molecule has 37 heavy (non-hydrogen) atoms. The topological polar surface area (TPSA) is 92.8 Å². The molecule has 1 heterocycles. The van der Waals surface area contributed by atoms with Crippen LogP contribution < -0.4 is 5.32 Å². The van der Waals surface area contributed by atoms with Crippen LogP contribution in [0, 0.1) is 0 Å². The Morgan fingerprint density at radius 1 is 0.784 bits per heavy atom. The molecule has 0 fully saturated rings. The van der Waals surface area contributed by atoms with Gasteiger partial charge in [0.25, 0.3) is 17.7 Å². The monoisotopic (exact) mass is 492 g/mol. The number of amides is 3. The molecule has 184 valence electrons. The number of anilines is 1. The Balaban J connectivity index is 1.35. The molecule has 7 nitrogen and oxygen atoms in total. The lowest BCUT2D eigenvalue weighted by Crippen LogP contribution is -2.48. The Bertz CT molecular complexity index is 1480. The van der Waals surface area contributed by atoms with Crippen molar-refractivity contribution in [1.82, 2.24) is 4.90 Å². The number of nitrogens with one attached hydrogen (secondary N) is 1. The average molecular weight is 493 g/mol. The maximum absolute atomic E-state index is 13.4. The first-order valence-electron chi connectivity index (χ1n) is 11.9. The van der Waals surface area contributed by atoms with Crippen LogP contribution in [0.1, 0.15) is 33.2 Å². The van der Waals surface area contributed by atoms with Crippen LogP contribution in [0.15, 0.2) is 97.1 Å². The molecule has 5 rings (SSSR count).